The van der Waals surface area contributed by atoms with Crippen molar-refractivity contribution in [1.82, 2.24) is 15.8 Å². The minimum Gasteiger partial charge on any atom is -0.378 e. The van der Waals surface area contributed by atoms with Crippen LogP contribution in [0.4, 0.5) is 5.13 Å². The van der Waals surface area contributed by atoms with E-state index in [1.54, 1.807) is 0 Å². The van der Waals surface area contributed by atoms with Crippen LogP contribution in [0.5, 0.6) is 0 Å². The third-order valence-corrected chi connectivity index (χ3v) is 6.58. The predicted octanol–water partition coefficient (Wildman–Crippen LogP) is 2.17. The largest absolute Gasteiger partial charge is 0.378 e. The average Bonchev–Trinajstić information content (AvgIpc) is 3.14. The number of carbonyl (C=O) groups excluding carboxylic acids is 2. The number of hydrogen-bond donors (Lipinski definition) is 2. The van der Waals surface area contributed by atoms with Crippen molar-refractivity contribution in [3.8, 4) is 0 Å². The molecule has 0 unspecified atom stereocenters. The lowest BCUT2D eigenvalue weighted by molar-refractivity contribution is -0.121. The fraction of sp³-hybridized carbons (Fsp3) is 0.476. The molecule has 29 heavy (non-hydrogen) atoms. The van der Waals surface area contributed by atoms with E-state index in [1.807, 2.05) is 13.0 Å². The highest BCUT2D eigenvalue weighted by atomic mass is 32.1. The Morgan fingerprint density at radius 1 is 1.14 bits per heavy atom. The molecule has 1 fully saturated rings. The number of nitrogens with zero attached hydrogens (tertiary/aromatic N) is 2. The fourth-order valence-corrected chi connectivity index (χ4v) is 4.81. The van der Waals surface area contributed by atoms with Crippen LogP contribution in [0.3, 0.4) is 0 Å². The highest BCUT2D eigenvalue weighted by Crippen LogP contribution is 2.26. The summed E-state index contributed by atoms with van der Waals surface area (Å²) in [5, 5.41) is 0.816. The van der Waals surface area contributed by atoms with Gasteiger partial charge in [-0.25, -0.2) is 4.98 Å². The molecular formula is C21H26N4O3S. The first-order valence-electron chi connectivity index (χ1n) is 10.1. The van der Waals surface area contributed by atoms with Crippen molar-refractivity contribution in [2.45, 2.75) is 39.0 Å². The maximum Gasteiger partial charge on any atom is 0.281 e. The predicted molar refractivity (Wildman–Crippen MR) is 112 cm³/mol. The highest BCUT2D eigenvalue weighted by Gasteiger charge is 2.21. The van der Waals surface area contributed by atoms with Crippen molar-refractivity contribution in [3.63, 3.8) is 0 Å². The van der Waals surface area contributed by atoms with E-state index < -0.39 is 0 Å². The van der Waals surface area contributed by atoms with Gasteiger partial charge in [-0.15, -0.1) is 0 Å². The minimum atomic E-state index is -0.335. The molecule has 1 aromatic heterocycles. The Kier molecular flexibility index (Phi) is 6.10. The zero-order valence-corrected chi connectivity index (χ0v) is 17.4. The lowest BCUT2D eigenvalue weighted by atomic mass is 9.90. The van der Waals surface area contributed by atoms with Gasteiger partial charge in [-0.2, -0.15) is 0 Å². The zero-order chi connectivity index (χ0) is 20.2. The van der Waals surface area contributed by atoms with E-state index >= 15 is 0 Å². The van der Waals surface area contributed by atoms with Gasteiger partial charge in [0.2, 0.25) is 5.91 Å². The molecular weight excluding hydrogens is 388 g/mol. The second-order valence-corrected chi connectivity index (χ2v) is 8.48. The molecule has 4 rings (SSSR count). The second kappa shape index (κ2) is 8.92. The summed E-state index contributed by atoms with van der Waals surface area (Å²) in [5.41, 5.74) is 9.44. The van der Waals surface area contributed by atoms with Crippen LogP contribution in [0, 0.1) is 6.92 Å². The Bertz CT molecular complexity index is 905. The van der Waals surface area contributed by atoms with Gasteiger partial charge in [-0.1, -0.05) is 29.5 Å². The van der Waals surface area contributed by atoms with Crippen LogP contribution in [0.1, 0.15) is 44.9 Å². The molecule has 2 aliphatic rings. The number of thiazole rings is 1. The van der Waals surface area contributed by atoms with E-state index in [0.717, 1.165) is 36.6 Å². The lowest BCUT2D eigenvalue weighted by Crippen LogP contribution is -2.42. The van der Waals surface area contributed by atoms with Gasteiger partial charge in [0.15, 0.2) is 5.13 Å². The van der Waals surface area contributed by atoms with Crippen LogP contribution in [-0.4, -0.2) is 43.1 Å². The summed E-state index contributed by atoms with van der Waals surface area (Å²) in [5.74, 6) is -0.567. The highest BCUT2D eigenvalue weighted by molar-refractivity contribution is 7.17. The summed E-state index contributed by atoms with van der Waals surface area (Å²) in [6, 6.07) is 6.26. The molecule has 2 aromatic rings. The molecule has 1 aromatic carbocycles. The Labute approximate surface area is 174 Å². The second-order valence-electron chi connectivity index (χ2n) is 7.50. The number of aromatic nitrogens is 1. The van der Waals surface area contributed by atoms with Crippen LogP contribution in [0.25, 0.3) is 0 Å². The molecule has 8 heteroatoms. The standard InChI is InChI=1S/C21H26N4O3S/c1-14-19(29-21(22-14)25-8-10-28-11-9-25)20(27)24-23-18(26)13-15-6-7-16-4-2-3-5-17(16)12-15/h6-7,12H,2-5,8-11,13H2,1H3,(H,23,26)(H,24,27). The Balaban J connectivity index is 1.32. The smallest absolute Gasteiger partial charge is 0.281 e. The first kappa shape index (κ1) is 19.8. The molecule has 2 heterocycles. The summed E-state index contributed by atoms with van der Waals surface area (Å²) in [4.78, 5) is 31.9. The van der Waals surface area contributed by atoms with Crippen LogP contribution in [-0.2, 0) is 28.8 Å². The van der Waals surface area contributed by atoms with Crippen molar-refractivity contribution in [1.29, 1.82) is 0 Å². The van der Waals surface area contributed by atoms with Crippen LogP contribution in [0.2, 0.25) is 0 Å². The average molecular weight is 415 g/mol. The number of rotatable bonds is 4. The first-order chi connectivity index (χ1) is 14.1. The van der Waals surface area contributed by atoms with Crippen LogP contribution in [0.15, 0.2) is 18.2 Å². The molecule has 2 N–H and O–H groups in total. The number of anilines is 1. The quantitative estimate of drug-likeness (QED) is 0.750. The van der Waals surface area contributed by atoms with Gasteiger partial charge in [0.25, 0.3) is 5.91 Å². The van der Waals surface area contributed by atoms with Gasteiger partial charge in [0.05, 0.1) is 25.3 Å². The number of hydrazine groups is 1. The normalized spacial score (nSPS) is 16.2. The monoisotopic (exact) mass is 414 g/mol. The zero-order valence-electron chi connectivity index (χ0n) is 16.6. The van der Waals surface area contributed by atoms with Gasteiger partial charge >= 0.3 is 0 Å². The van der Waals surface area contributed by atoms with Gasteiger partial charge in [0, 0.05) is 13.1 Å². The third kappa shape index (κ3) is 4.76. The van der Waals surface area contributed by atoms with Crippen LogP contribution >= 0.6 is 11.3 Å². The summed E-state index contributed by atoms with van der Waals surface area (Å²) >= 11 is 1.34. The molecule has 0 saturated carbocycles. The van der Waals surface area contributed by atoms with Gasteiger partial charge in [0.1, 0.15) is 4.88 Å². The molecule has 1 aliphatic carbocycles. The topological polar surface area (TPSA) is 83.6 Å². The molecule has 0 radical (unpaired) electrons. The maximum atomic E-state index is 12.5. The Hall–Kier alpha value is -2.45. The number of ether oxygens (including phenoxy) is 1. The van der Waals surface area contributed by atoms with E-state index in [2.05, 4.69) is 32.9 Å². The number of nitrogens with one attached hydrogen (secondary N) is 2. The molecule has 1 saturated heterocycles. The first-order valence-corrected chi connectivity index (χ1v) is 10.9. The van der Waals surface area contributed by atoms with Crippen molar-refractivity contribution >= 4 is 28.3 Å². The van der Waals surface area contributed by atoms with Gasteiger partial charge < -0.3 is 9.64 Å². The maximum absolute atomic E-state index is 12.5. The number of morpholine rings is 1. The fourth-order valence-electron chi connectivity index (χ4n) is 3.79. The molecule has 2 amide bonds. The van der Waals surface area contributed by atoms with Gasteiger partial charge in [-0.05, 0) is 49.3 Å². The Morgan fingerprint density at radius 2 is 1.90 bits per heavy atom. The van der Waals surface area contributed by atoms with Crippen LogP contribution < -0.4 is 15.8 Å². The molecule has 0 spiro atoms. The number of carbonyl (C=O) groups is 2. The van der Waals surface area contributed by atoms with Crippen molar-refractivity contribution < 1.29 is 14.3 Å². The molecule has 1 aliphatic heterocycles. The number of aryl methyl sites for hydroxylation is 3. The molecule has 7 nitrogen and oxygen atoms in total. The number of amides is 2. The van der Waals surface area contributed by atoms with E-state index in [0.29, 0.717) is 23.8 Å². The van der Waals surface area contributed by atoms with Gasteiger partial charge in [-0.3, -0.25) is 20.4 Å². The van der Waals surface area contributed by atoms with E-state index in [1.165, 1.54) is 35.3 Å². The number of fused-ring (bicyclic) bond motifs is 1. The van der Waals surface area contributed by atoms with E-state index in [9.17, 15) is 9.59 Å². The summed E-state index contributed by atoms with van der Waals surface area (Å²) in [6.07, 6.45) is 4.90. The summed E-state index contributed by atoms with van der Waals surface area (Å²) < 4.78 is 5.36. The van der Waals surface area contributed by atoms with Crippen molar-refractivity contribution in [2.75, 3.05) is 31.2 Å². The van der Waals surface area contributed by atoms with Crippen molar-refractivity contribution in [3.05, 3.63) is 45.5 Å². The number of benzene rings is 1. The summed E-state index contributed by atoms with van der Waals surface area (Å²) in [7, 11) is 0. The van der Waals surface area contributed by atoms with Crippen molar-refractivity contribution in [2.24, 2.45) is 0 Å². The molecule has 0 bridgehead atoms. The van der Waals surface area contributed by atoms with E-state index in [4.69, 9.17) is 4.74 Å². The minimum absolute atomic E-state index is 0.232. The summed E-state index contributed by atoms with van der Waals surface area (Å²) in [6.45, 7) is 4.68. The molecule has 0 atom stereocenters. The SMILES string of the molecule is Cc1nc(N2CCOCC2)sc1C(=O)NNC(=O)Cc1ccc2c(c1)CCCC2. The molecule has 154 valence electrons. The lowest BCUT2D eigenvalue weighted by Gasteiger charge is -2.25. The Morgan fingerprint density at radius 3 is 2.69 bits per heavy atom. The third-order valence-electron chi connectivity index (χ3n) is 5.37. The number of hydrogen-bond acceptors (Lipinski definition) is 6. The van der Waals surface area contributed by atoms with E-state index in [-0.39, 0.29) is 18.2 Å².